The molecule has 0 spiro atoms. The number of anilines is 1. The fourth-order valence-corrected chi connectivity index (χ4v) is 2.47. The van der Waals surface area contributed by atoms with E-state index in [1.165, 1.54) is 29.0 Å². The molecule has 1 aromatic heterocycles. The van der Waals surface area contributed by atoms with E-state index in [9.17, 15) is 20.0 Å². The summed E-state index contributed by atoms with van der Waals surface area (Å²) in [6, 6.07) is 10.6. The summed E-state index contributed by atoms with van der Waals surface area (Å²) in [4.78, 5) is 27.1. The van der Waals surface area contributed by atoms with Crippen LogP contribution in [0.5, 0.6) is 5.75 Å². The number of hydrogen-bond acceptors (Lipinski definition) is 7. The predicted molar refractivity (Wildman–Crippen MR) is 97.7 cm³/mol. The Labute approximate surface area is 147 Å². The summed E-state index contributed by atoms with van der Waals surface area (Å²) < 4.78 is 1.42. The molecule has 3 aromatic rings. The molecule has 0 aliphatic carbocycles. The second-order valence-corrected chi connectivity index (χ2v) is 5.37. The van der Waals surface area contributed by atoms with Crippen LogP contribution in [0.1, 0.15) is 12.5 Å². The van der Waals surface area contributed by atoms with Gasteiger partial charge in [-0.25, -0.2) is 10.4 Å². The Morgan fingerprint density at radius 1 is 1.35 bits per heavy atom. The zero-order valence-electron chi connectivity index (χ0n) is 13.8. The van der Waals surface area contributed by atoms with Gasteiger partial charge in [0.2, 0.25) is 5.95 Å². The van der Waals surface area contributed by atoms with Crippen molar-refractivity contribution in [2.45, 2.75) is 13.5 Å². The average molecular weight is 353 g/mol. The van der Waals surface area contributed by atoms with Crippen molar-refractivity contribution in [1.29, 1.82) is 0 Å². The van der Waals surface area contributed by atoms with Crippen LogP contribution in [0.3, 0.4) is 0 Å². The lowest BCUT2D eigenvalue weighted by Gasteiger charge is -2.10. The monoisotopic (exact) mass is 353 g/mol. The Morgan fingerprint density at radius 3 is 2.85 bits per heavy atom. The van der Waals surface area contributed by atoms with Gasteiger partial charge in [-0.2, -0.15) is 5.10 Å². The number of nitro groups is 1. The number of rotatable bonds is 5. The zero-order valence-corrected chi connectivity index (χ0v) is 13.8. The van der Waals surface area contributed by atoms with Gasteiger partial charge in [-0.3, -0.25) is 19.5 Å². The van der Waals surface area contributed by atoms with Crippen LogP contribution in [0, 0.1) is 10.1 Å². The largest absolute Gasteiger partial charge is 0.507 e. The van der Waals surface area contributed by atoms with Crippen LogP contribution in [-0.4, -0.2) is 25.8 Å². The lowest BCUT2D eigenvalue weighted by Crippen LogP contribution is -2.23. The molecule has 9 nitrogen and oxygen atoms in total. The quantitative estimate of drug-likeness (QED) is 0.413. The lowest BCUT2D eigenvalue weighted by molar-refractivity contribution is -0.384. The number of aromatic hydroxyl groups is 1. The molecule has 0 saturated heterocycles. The van der Waals surface area contributed by atoms with Crippen molar-refractivity contribution in [2.24, 2.45) is 5.10 Å². The van der Waals surface area contributed by atoms with Gasteiger partial charge in [0.1, 0.15) is 5.75 Å². The van der Waals surface area contributed by atoms with Crippen LogP contribution < -0.4 is 11.0 Å². The molecule has 3 rings (SSSR count). The molecule has 1 heterocycles. The van der Waals surface area contributed by atoms with Crippen LogP contribution in [0.15, 0.2) is 52.4 Å². The van der Waals surface area contributed by atoms with Gasteiger partial charge in [0.15, 0.2) is 0 Å². The molecule has 2 aromatic carbocycles. The Morgan fingerprint density at radius 2 is 2.12 bits per heavy atom. The number of benzene rings is 2. The molecule has 0 aliphatic heterocycles. The molecule has 0 unspecified atom stereocenters. The number of phenols is 1. The van der Waals surface area contributed by atoms with E-state index in [2.05, 4.69) is 15.5 Å². The van der Waals surface area contributed by atoms with E-state index in [4.69, 9.17) is 0 Å². The maximum Gasteiger partial charge on any atom is 0.270 e. The van der Waals surface area contributed by atoms with Crippen LogP contribution in [0.4, 0.5) is 11.6 Å². The number of aromatic nitrogens is 2. The van der Waals surface area contributed by atoms with Crippen molar-refractivity contribution in [3.8, 4) is 5.75 Å². The topological polar surface area (TPSA) is 123 Å². The van der Waals surface area contributed by atoms with E-state index in [0.29, 0.717) is 17.4 Å². The van der Waals surface area contributed by atoms with Gasteiger partial charge in [-0.1, -0.05) is 12.1 Å². The smallest absolute Gasteiger partial charge is 0.270 e. The van der Waals surface area contributed by atoms with E-state index in [-0.39, 0.29) is 28.5 Å². The molecule has 26 heavy (non-hydrogen) atoms. The third-order valence-corrected chi connectivity index (χ3v) is 3.77. The van der Waals surface area contributed by atoms with Gasteiger partial charge in [-0.15, -0.1) is 0 Å². The molecule has 0 saturated carbocycles. The normalized spacial score (nSPS) is 11.1. The highest BCUT2D eigenvalue weighted by molar-refractivity contribution is 5.85. The van der Waals surface area contributed by atoms with Crippen LogP contribution >= 0.6 is 0 Å². The molecule has 132 valence electrons. The first-order chi connectivity index (χ1) is 12.5. The summed E-state index contributed by atoms with van der Waals surface area (Å²) in [7, 11) is 0. The summed E-state index contributed by atoms with van der Waals surface area (Å²) in [5, 5.41) is 25.1. The van der Waals surface area contributed by atoms with E-state index >= 15 is 0 Å². The van der Waals surface area contributed by atoms with Crippen molar-refractivity contribution >= 4 is 28.8 Å². The van der Waals surface area contributed by atoms with Gasteiger partial charge >= 0.3 is 0 Å². The predicted octanol–water partition coefficient (Wildman–Crippen LogP) is 2.48. The summed E-state index contributed by atoms with van der Waals surface area (Å²) >= 11 is 0. The van der Waals surface area contributed by atoms with Crippen molar-refractivity contribution in [3.63, 3.8) is 0 Å². The highest BCUT2D eigenvalue weighted by Gasteiger charge is 2.10. The minimum Gasteiger partial charge on any atom is -0.507 e. The molecule has 0 atom stereocenters. The standard InChI is InChI=1S/C17H15N5O4/c1-2-21-16(24)13-5-3-4-6-14(13)19-17(21)20-18-10-11-9-12(22(25)26)7-8-15(11)23/h3-10,23H,2H2,1H3,(H,19,20)/b18-10+. The molecule has 0 fully saturated rings. The Hall–Kier alpha value is -3.75. The van der Waals surface area contributed by atoms with Gasteiger partial charge in [0, 0.05) is 24.2 Å². The minimum atomic E-state index is -0.566. The molecule has 0 radical (unpaired) electrons. The number of nitrogens with one attached hydrogen (secondary N) is 1. The first kappa shape index (κ1) is 17.1. The van der Waals surface area contributed by atoms with Gasteiger partial charge in [-0.05, 0) is 25.1 Å². The number of nitro benzene ring substituents is 1. The number of hydrogen-bond donors (Lipinski definition) is 2. The maximum atomic E-state index is 12.5. The Kier molecular flexibility index (Phi) is 4.61. The number of non-ortho nitro benzene ring substituents is 1. The molecule has 0 bridgehead atoms. The van der Waals surface area contributed by atoms with E-state index in [1.807, 2.05) is 0 Å². The van der Waals surface area contributed by atoms with Crippen LogP contribution in [0.2, 0.25) is 0 Å². The van der Waals surface area contributed by atoms with Crippen molar-refractivity contribution in [2.75, 3.05) is 5.43 Å². The fourth-order valence-electron chi connectivity index (χ4n) is 2.47. The Bertz CT molecular complexity index is 1070. The number of phenolic OH excluding ortho intramolecular Hbond substituents is 1. The molecular weight excluding hydrogens is 338 g/mol. The maximum absolute atomic E-state index is 12.5. The average Bonchev–Trinajstić information content (AvgIpc) is 2.63. The van der Waals surface area contributed by atoms with Gasteiger partial charge in [0.25, 0.3) is 11.2 Å². The number of hydrazone groups is 1. The van der Waals surface area contributed by atoms with Crippen molar-refractivity contribution < 1.29 is 10.0 Å². The van der Waals surface area contributed by atoms with E-state index in [1.54, 1.807) is 31.2 Å². The molecule has 0 amide bonds. The van der Waals surface area contributed by atoms with Crippen molar-refractivity contribution in [3.05, 3.63) is 68.5 Å². The first-order valence-electron chi connectivity index (χ1n) is 7.77. The third-order valence-electron chi connectivity index (χ3n) is 3.77. The lowest BCUT2D eigenvalue weighted by atomic mass is 10.2. The SMILES string of the molecule is CCn1c(N/N=C/c2cc([N+](=O)[O-])ccc2O)nc2ccccc2c1=O. The number of para-hydroxylation sites is 1. The van der Waals surface area contributed by atoms with Gasteiger partial charge < -0.3 is 5.11 Å². The van der Waals surface area contributed by atoms with Crippen molar-refractivity contribution in [1.82, 2.24) is 9.55 Å². The first-order valence-corrected chi connectivity index (χ1v) is 7.77. The van der Waals surface area contributed by atoms with E-state index < -0.39 is 4.92 Å². The molecular formula is C17H15N5O4. The second-order valence-electron chi connectivity index (χ2n) is 5.37. The molecule has 2 N–H and O–H groups in total. The summed E-state index contributed by atoms with van der Waals surface area (Å²) in [5.74, 6) is 0.0814. The summed E-state index contributed by atoms with van der Waals surface area (Å²) in [6.45, 7) is 2.19. The van der Waals surface area contributed by atoms with Gasteiger partial charge in [0.05, 0.1) is 22.0 Å². The fraction of sp³-hybridized carbons (Fsp3) is 0.118. The molecule has 9 heteroatoms. The zero-order chi connectivity index (χ0) is 18.7. The summed E-state index contributed by atoms with van der Waals surface area (Å²) in [6.07, 6.45) is 1.23. The summed E-state index contributed by atoms with van der Waals surface area (Å²) in [5.41, 5.74) is 2.98. The second kappa shape index (κ2) is 7.01. The van der Waals surface area contributed by atoms with E-state index in [0.717, 1.165) is 0 Å². The highest BCUT2D eigenvalue weighted by atomic mass is 16.6. The number of nitrogens with zero attached hydrogens (tertiary/aromatic N) is 4. The van der Waals surface area contributed by atoms with Crippen LogP contribution in [0.25, 0.3) is 10.9 Å². The number of fused-ring (bicyclic) bond motifs is 1. The Balaban J connectivity index is 1.95. The third kappa shape index (κ3) is 3.22. The van der Waals surface area contributed by atoms with Crippen LogP contribution in [-0.2, 0) is 6.54 Å². The minimum absolute atomic E-state index is 0.152. The highest BCUT2D eigenvalue weighted by Crippen LogP contribution is 2.21. The molecule has 0 aliphatic rings.